The summed E-state index contributed by atoms with van der Waals surface area (Å²) in [5, 5.41) is 86.1. The highest BCUT2D eigenvalue weighted by atomic mass is 16.7. The normalized spacial score (nSPS) is 29.8. The van der Waals surface area contributed by atoms with Crippen LogP contribution in [0.4, 0.5) is 0 Å². The molecule has 0 aromatic heterocycles. The SMILES string of the molecule is CCC/C=C\CCCCCCCC(=O)NC(COC1OC(CO)C(OC2OC(CO)C(O)C(O)C2O)C(O)C1O)C(O)/C=C/CC/C=C/CCCCCCCC. The Balaban J connectivity index is 1.96. The summed E-state index contributed by atoms with van der Waals surface area (Å²) in [5.74, 6) is -0.266. The minimum Gasteiger partial charge on any atom is -0.394 e. The van der Waals surface area contributed by atoms with E-state index in [2.05, 4.69) is 43.5 Å². The molecule has 1 amide bonds. The van der Waals surface area contributed by atoms with Crippen molar-refractivity contribution < 1.29 is 64.6 Å². The predicted octanol–water partition coefficient (Wildman–Crippen LogP) is 3.20. The standard InChI is InChI=1S/C42H75NO13/c1-3-5-7-9-11-13-15-16-17-19-21-23-25-31(46)30(43-34(47)26-24-22-20-18-14-12-10-8-6-4-2)29-53-41-39(52)37(50)40(33(28-45)55-41)56-42-38(51)36(49)35(48)32(27-44)54-42/h8,10,16-17,23,25,30-33,35-42,44-46,48-52H,3-7,9,11-15,18-22,24,26-29H2,1-2H3,(H,43,47)/b10-8-,17-16+,25-23+. The number of unbranched alkanes of at least 4 members (excludes halogenated alkanes) is 13. The van der Waals surface area contributed by atoms with Crippen molar-refractivity contribution in [1.29, 1.82) is 0 Å². The molecule has 14 nitrogen and oxygen atoms in total. The Morgan fingerprint density at radius 3 is 1.82 bits per heavy atom. The van der Waals surface area contributed by atoms with Gasteiger partial charge in [-0.2, -0.15) is 0 Å². The van der Waals surface area contributed by atoms with Crippen LogP contribution in [0, 0.1) is 0 Å². The van der Waals surface area contributed by atoms with Gasteiger partial charge >= 0.3 is 0 Å². The molecule has 9 N–H and O–H groups in total. The number of carbonyl (C=O) groups excluding carboxylic acids is 1. The lowest BCUT2D eigenvalue weighted by Gasteiger charge is -2.46. The highest BCUT2D eigenvalue weighted by Gasteiger charge is 2.50. The molecule has 0 bridgehead atoms. The Morgan fingerprint density at radius 1 is 0.625 bits per heavy atom. The molecule has 12 atom stereocenters. The maximum atomic E-state index is 13.0. The summed E-state index contributed by atoms with van der Waals surface area (Å²) < 4.78 is 22.5. The zero-order chi connectivity index (χ0) is 41.1. The van der Waals surface area contributed by atoms with Crippen molar-refractivity contribution >= 4 is 5.91 Å². The fraction of sp³-hybridized carbons (Fsp3) is 0.833. The molecule has 14 heteroatoms. The van der Waals surface area contributed by atoms with Gasteiger partial charge < -0.3 is 65.1 Å². The molecular weight excluding hydrogens is 726 g/mol. The van der Waals surface area contributed by atoms with Gasteiger partial charge in [0.1, 0.15) is 48.8 Å². The molecule has 0 aromatic rings. The molecule has 0 radical (unpaired) electrons. The molecule has 2 rings (SSSR count). The Bertz CT molecular complexity index is 1090. The first-order valence-electron chi connectivity index (χ1n) is 21.2. The smallest absolute Gasteiger partial charge is 0.220 e. The van der Waals surface area contributed by atoms with E-state index in [4.69, 9.17) is 18.9 Å². The Hall–Kier alpha value is -1.79. The van der Waals surface area contributed by atoms with Crippen LogP contribution >= 0.6 is 0 Å². The van der Waals surface area contributed by atoms with Crippen LogP contribution in [-0.4, -0.2) is 140 Å². The zero-order valence-corrected chi connectivity index (χ0v) is 33.9. The lowest BCUT2D eigenvalue weighted by Crippen LogP contribution is -2.65. The second-order valence-corrected chi connectivity index (χ2v) is 15.1. The predicted molar refractivity (Wildman–Crippen MR) is 212 cm³/mol. The fourth-order valence-corrected chi connectivity index (χ4v) is 6.72. The number of amides is 1. The number of aliphatic hydroxyl groups excluding tert-OH is 8. The summed E-state index contributed by atoms with van der Waals surface area (Å²) in [4.78, 5) is 13.0. The third kappa shape index (κ3) is 18.9. The van der Waals surface area contributed by atoms with Crippen LogP contribution < -0.4 is 5.32 Å². The Kier molecular flexibility index (Phi) is 27.2. The molecule has 0 saturated carbocycles. The minimum atomic E-state index is -1.79. The number of aliphatic hydroxyl groups is 8. The highest BCUT2D eigenvalue weighted by molar-refractivity contribution is 5.76. The summed E-state index contributed by atoms with van der Waals surface area (Å²) in [6, 6.07) is -0.930. The quantitative estimate of drug-likeness (QED) is 0.0376. The van der Waals surface area contributed by atoms with Crippen LogP contribution in [0.25, 0.3) is 0 Å². The number of rotatable bonds is 30. The molecule has 2 saturated heterocycles. The van der Waals surface area contributed by atoms with Crippen molar-refractivity contribution in [2.75, 3.05) is 19.8 Å². The van der Waals surface area contributed by atoms with E-state index in [1.54, 1.807) is 6.08 Å². The maximum Gasteiger partial charge on any atom is 0.220 e. The molecule has 0 aromatic carbocycles. The third-order valence-electron chi connectivity index (χ3n) is 10.3. The van der Waals surface area contributed by atoms with Crippen molar-refractivity contribution in [3.05, 3.63) is 36.5 Å². The van der Waals surface area contributed by atoms with Gasteiger partial charge in [0.15, 0.2) is 12.6 Å². The fourth-order valence-electron chi connectivity index (χ4n) is 6.72. The molecule has 2 aliphatic heterocycles. The van der Waals surface area contributed by atoms with E-state index in [0.29, 0.717) is 12.8 Å². The molecule has 0 spiro atoms. The lowest BCUT2D eigenvalue weighted by atomic mass is 9.97. The van der Waals surface area contributed by atoms with Crippen molar-refractivity contribution in [1.82, 2.24) is 5.32 Å². The van der Waals surface area contributed by atoms with Crippen LogP contribution in [-0.2, 0) is 23.7 Å². The van der Waals surface area contributed by atoms with Crippen LogP contribution in [0.15, 0.2) is 36.5 Å². The molecule has 56 heavy (non-hydrogen) atoms. The molecule has 326 valence electrons. The number of ether oxygens (including phenoxy) is 4. The van der Waals surface area contributed by atoms with Gasteiger partial charge in [0.05, 0.1) is 32.0 Å². The van der Waals surface area contributed by atoms with Crippen LogP contribution in [0.2, 0.25) is 0 Å². The molecule has 2 aliphatic rings. The van der Waals surface area contributed by atoms with Crippen LogP contribution in [0.3, 0.4) is 0 Å². The number of hydrogen-bond donors (Lipinski definition) is 9. The zero-order valence-electron chi connectivity index (χ0n) is 33.9. The van der Waals surface area contributed by atoms with Gasteiger partial charge in [-0.1, -0.05) is 108 Å². The van der Waals surface area contributed by atoms with E-state index in [-0.39, 0.29) is 18.9 Å². The molecular formula is C42H75NO13. The van der Waals surface area contributed by atoms with Gasteiger partial charge in [-0.15, -0.1) is 0 Å². The van der Waals surface area contributed by atoms with Crippen molar-refractivity contribution in [2.24, 2.45) is 0 Å². The van der Waals surface area contributed by atoms with Crippen molar-refractivity contribution in [2.45, 2.75) is 203 Å². The monoisotopic (exact) mass is 802 g/mol. The van der Waals surface area contributed by atoms with E-state index in [9.17, 15) is 45.6 Å². The molecule has 0 aliphatic carbocycles. The highest BCUT2D eigenvalue weighted by Crippen LogP contribution is 2.29. The number of allylic oxidation sites excluding steroid dienone is 5. The summed E-state index contributed by atoms with van der Waals surface area (Å²) in [6.07, 6.45) is 13.6. The van der Waals surface area contributed by atoms with Crippen molar-refractivity contribution in [3.8, 4) is 0 Å². The first kappa shape index (κ1) is 50.4. The topological polar surface area (TPSA) is 228 Å². The Labute approximate surface area is 334 Å². The van der Waals surface area contributed by atoms with Gasteiger partial charge in [0.25, 0.3) is 0 Å². The second-order valence-electron chi connectivity index (χ2n) is 15.1. The lowest BCUT2D eigenvalue weighted by molar-refractivity contribution is -0.359. The first-order valence-corrected chi connectivity index (χ1v) is 21.2. The average molecular weight is 802 g/mol. The van der Waals surface area contributed by atoms with E-state index < -0.39 is 86.8 Å². The molecule has 2 heterocycles. The van der Waals surface area contributed by atoms with Gasteiger partial charge in [-0.05, 0) is 51.4 Å². The van der Waals surface area contributed by atoms with E-state index >= 15 is 0 Å². The second kappa shape index (κ2) is 30.3. The summed E-state index contributed by atoms with van der Waals surface area (Å²) in [7, 11) is 0. The van der Waals surface area contributed by atoms with Gasteiger partial charge in [0, 0.05) is 6.42 Å². The summed E-state index contributed by atoms with van der Waals surface area (Å²) >= 11 is 0. The minimum absolute atomic E-state index is 0.261. The van der Waals surface area contributed by atoms with Gasteiger partial charge in [0.2, 0.25) is 5.91 Å². The molecule has 12 unspecified atom stereocenters. The van der Waals surface area contributed by atoms with E-state index in [1.807, 2.05) is 6.08 Å². The first-order chi connectivity index (χ1) is 27.1. The molecule has 2 fully saturated rings. The number of hydrogen-bond acceptors (Lipinski definition) is 13. The average Bonchev–Trinajstić information content (AvgIpc) is 3.19. The third-order valence-corrected chi connectivity index (χ3v) is 10.3. The number of carbonyl (C=O) groups is 1. The Morgan fingerprint density at radius 2 is 1.18 bits per heavy atom. The van der Waals surface area contributed by atoms with Crippen molar-refractivity contribution in [3.63, 3.8) is 0 Å². The van der Waals surface area contributed by atoms with Crippen LogP contribution in [0.5, 0.6) is 0 Å². The maximum absolute atomic E-state index is 13.0. The summed E-state index contributed by atoms with van der Waals surface area (Å²) in [6.45, 7) is 2.63. The largest absolute Gasteiger partial charge is 0.394 e. The van der Waals surface area contributed by atoms with E-state index in [1.165, 1.54) is 38.5 Å². The van der Waals surface area contributed by atoms with Gasteiger partial charge in [-0.25, -0.2) is 0 Å². The van der Waals surface area contributed by atoms with Crippen LogP contribution in [0.1, 0.15) is 129 Å². The van der Waals surface area contributed by atoms with E-state index in [0.717, 1.165) is 57.8 Å². The summed E-state index contributed by atoms with van der Waals surface area (Å²) in [5.41, 5.74) is 0. The van der Waals surface area contributed by atoms with Gasteiger partial charge in [-0.3, -0.25) is 4.79 Å². The number of nitrogens with one attached hydrogen (secondary N) is 1.